The second-order valence-corrected chi connectivity index (χ2v) is 7.42. The van der Waals surface area contributed by atoms with Gasteiger partial charge in [0.15, 0.2) is 0 Å². The molecule has 0 atom stereocenters. The van der Waals surface area contributed by atoms with E-state index in [4.69, 9.17) is 16.3 Å². The van der Waals surface area contributed by atoms with E-state index in [1.54, 1.807) is 6.07 Å². The van der Waals surface area contributed by atoms with Gasteiger partial charge >= 0.3 is 6.36 Å². The molecular formula is C21H23ClF3N3O3. The molecule has 1 aliphatic heterocycles. The highest BCUT2D eigenvalue weighted by Crippen LogP contribution is 2.24. The van der Waals surface area contributed by atoms with E-state index in [0.717, 1.165) is 44.9 Å². The summed E-state index contributed by atoms with van der Waals surface area (Å²) in [5, 5.41) is 3.27. The summed E-state index contributed by atoms with van der Waals surface area (Å²) in [6, 6.07) is 12.4. The number of hydrogen-bond donors (Lipinski definition) is 1. The summed E-state index contributed by atoms with van der Waals surface area (Å²) >= 11 is 6.07. The number of alkyl halides is 3. The number of para-hydroxylation sites is 1. The Bertz CT molecular complexity index is 857. The van der Waals surface area contributed by atoms with Gasteiger partial charge in [0.05, 0.1) is 11.6 Å². The number of nitrogens with zero attached hydrogens (tertiary/aromatic N) is 2. The Morgan fingerprint density at radius 3 is 2.29 bits per heavy atom. The summed E-state index contributed by atoms with van der Waals surface area (Å²) in [6.45, 7) is 4.58. The fourth-order valence-electron chi connectivity index (χ4n) is 3.16. The zero-order chi connectivity index (χ0) is 22.3. The third-order valence-corrected chi connectivity index (χ3v) is 5.02. The summed E-state index contributed by atoms with van der Waals surface area (Å²) in [7, 11) is 0. The Kier molecular flexibility index (Phi) is 8.00. The van der Waals surface area contributed by atoms with Crippen molar-refractivity contribution in [1.29, 1.82) is 0 Å². The van der Waals surface area contributed by atoms with Gasteiger partial charge in [-0.1, -0.05) is 23.7 Å². The molecule has 1 fully saturated rings. The van der Waals surface area contributed by atoms with E-state index in [2.05, 4.69) is 15.0 Å². The van der Waals surface area contributed by atoms with Gasteiger partial charge in [0.25, 0.3) is 0 Å². The molecule has 2 aromatic carbocycles. The number of piperazine rings is 1. The first-order valence-electron chi connectivity index (χ1n) is 9.76. The lowest BCUT2D eigenvalue weighted by molar-refractivity contribution is -0.274. The minimum Gasteiger partial charge on any atom is -0.491 e. The highest BCUT2D eigenvalue weighted by Gasteiger charge is 2.31. The van der Waals surface area contributed by atoms with Crippen LogP contribution >= 0.6 is 11.6 Å². The van der Waals surface area contributed by atoms with Gasteiger partial charge < -0.3 is 14.8 Å². The number of hydrogen-bond acceptors (Lipinski definition) is 5. The summed E-state index contributed by atoms with van der Waals surface area (Å²) in [5.41, 5.74) is 0.412. The molecule has 1 heterocycles. The highest BCUT2D eigenvalue weighted by molar-refractivity contribution is 6.32. The van der Waals surface area contributed by atoms with Crippen LogP contribution in [0.4, 0.5) is 18.9 Å². The SMILES string of the molecule is O=C(CN1CCN(CCOc2ccccc2Cl)CC1)Nc1ccc(OC(F)(F)F)cc1. The predicted octanol–water partition coefficient (Wildman–Crippen LogP) is 3.87. The molecule has 1 amide bonds. The van der Waals surface area contributed by atoms with Crippen molar-refractivity contribution in [2.75, 3.05) is 51.2 Å². The maximum absolute atomic E-state index is 12.2. The molecule has 1 saturated heterocycles. The van der Waals surface area contributed by atoms with Crippen molar-refractivity contribution in [3.63, 3.8) is 0 Å². The molecule has 0 aliphatic carbocycles. The van der Waals surface area contributed by atoms with Crippen molar-refractivity contribution in [3.8, 4) is 11.5 Å². The quantitative estimate of drug-likeness (QED) is 0.652. The zero-order valence-electron chi connectivity index (χ0n) is 16.7. The number of benzene rings is 2. The van der Waals surface area contributed by atoms with E-state index < -0.39 is 6.36 Å². The van der Waals surface area contributed by atoms with Gasteiger partial charge in [0, 0.05) is 38.4 Å². The van der Waals surface area contributed by atoms with Crippen molar-refractivity contribution in [1.82, 2.24) is 9.80 Å². The van der Waals surface area contributed by atoms with Gasteiger partial charge in [-0.2, -0.15) is 0 Å². The van der Waals surface area contributed by atoms with E-state index in [1.165, 1.54) is 12.1 Å². The Balaban J connectivity index is 1.34. The van der Waals surface area contributed by atoms with Crippen LogP contribution in [0.2, 0.25) is 5.02 Å². The molecule has 3 rings (SSSR count). The molecule has 168 valence electrons. The van der Waals surface area contributed by atoms with Crippen molar-refractivity contribution in [2.24, 2.45) is 0 Å². The lowest BCUT2D eigenvalue weighted by Gasteiger charge is -2.34. The van der Waals surface area contributed by atoms with Gasteiger partial charge in [0.2, 0.25) is 5.91 Å². The van der Waals surface area contributed by atoms with Crippen molar-refractivity contribution in [3.05, 3.63) is 53.6 Å². The van der Waals surface area contributed by atoms with Crippen LogP contribution in [0, 0.1) is 0 Å². The zero-order valence-corrected chi connectivity index (χ0v) is 17.5. The Morgan fingerprint density at radius 1 is 1.00 bits per heavy atom. The van der Waals surface area contributed by atoms with Crippen LogP contribution in [-0.2, 0) is 4.79 Å². The molecule has 2 aromatic rings. The molecule has 0 spiro atoms. The van der Waals surface area contributed by atoms with Gasteiger partial charge in [-0.15, -0.1) is 13.2 Å². The fourth-order valence-corrected chi connectivity index (χ4v) is 3.35. The van der Waals surface area contributed by atoms with E-state index >= 15 is 0 Å². The first-order valence-corrected chi connectivity index (χ1v) is 10.1. The number of carbonyl (C=O) groups is 1. The van der Waals surface area contributed by atoms with Gasteiger partial charge in [-0.05, 0) is 36.4 Å². The lowest BCUT2D eigenvalue weighted by atomic mass is 10.3. The molecule has 0 aromatic heterocycles. The third kappa shape index (κ3) is 7.93. The summed E-state index contributed by atoms with van der Waals surface area (Å²) in [5.74, 6) is 0.109. The van der Waals surface area contributed by atoms with Crippen LogP contribution in [-0.4, -0.2) is 67.9 Å². The number of rotatable bonds is 8. The first kappa shape index (κ1) is 23.2. The van der Waals surface area contributed by atoms with Crippen LogP contribution in [0.1, 0.15) is 0 Å². The standard InChI is InChI=1S/C21H23ClF3N3O3/c22-18-3-1-2-4-19(18)30-14-13-27-9-11-28(12-10-27)15-20(29)26-16-5-7-17(8-6-16)31-21(23,24)25/h1-8H,9-15H2,(H,26,29). The smallest absolute Gasteiger partial charge is 0.491 e. The fraction of sp³-hybridized carbons (Fsp3) is 0.381. The molecule has 0 unspecified atom stereocenters. The minimum atomic E-state index is -4.74. The Morgan fingerprint density at radius 2 is 1.65 bits per heavy atom. The molecule has 6 nitrogen and oxygen atoms in total. The van der Waals surface area contributed by atoms with Crippen molar-refractivity contribution < 1.29 is 27.4 Å². The lowest BCUT2D eigenvalue weighted by Crippen LogP contribution is -2.49. The summed E-state index contributed by atoms with van der Waals surface area (Å²) < 4.78 is 46.1. The predicted molar refractivity (Wildman–Crippen MR) is 112 cm³/mol. The van der Waals surface area contributed by atoms with Gasteiger partial charge in [-0.3, -0.25) is 14.6 Å². The first-order chi connectivity index (χ1) is 14.8. The van der Waals surface area contributed by atoms with Crippen LogP contribution in [0.5, 0.6) is 11.5 Å². The molecular weight excluding hydrogens is 435 g/mol. The molecule has 10 heteroatoms. The van der Waals surface area contributed by atoms with Crippen LogP contribution < -0.4 is 14.8 Å². The number of carbonyl (C=O) groups excluding carboxylic acids is 1. The van der Waals surface area contributed by atoms with Crippen LogP contribution in [0.15, 0.2) is 48.5 Å². The number of ether oxygens (including phenoxy) is 2. The third-order valence-electron chi connectivity index (χ3n) is 4.71. The molecule has 0 bridgehead atoms. The summed E-state index contributed by atoms with van der Waals surface area (Å²) in [4.78, 5) is 16.5. The molecule has 1 N–H and O–H groups in total. The van der Waals surface area contributed by atoms with E-state index in [-0.39, 0.29) is 18.2 Å². The monoisotopic (exact) mass is 457 g/mol. The molecule has 0 radical (unpaired) electrons. The van der Waals surface area contributed by atoms with E-state index in [1.807, 2.05) is 23.1 Å². The van der Waals surface area contributed by atoms with E-state index in [0.29, 0.717) is 23.1 Å². The van der Waals surface area contributed by atoms with E-state index in [9.17, 15) is 18.0 Å². The highest BCUT2D eigenvalue weighted by atomic mass is 35.5. The molecule has 0 saturated carbocycles. The summed E-state index contributed by atoms with van der Waals surface area (Å²) in [6.07, 6.45) is -4.74. The topological polar surface area (TPSA) is 54.0 Å². The van der Waals surface area contributed by atoms with Crippen LogP contribution in [0.25, 0.3) is 0 Å². The number of anilines is 1. The maximum Gasteiger partial charge on any atom is 0.573 e. The number of amides is 1. The average molecular weight is 458 g/mol. The molecule has 1 aliphatic rings. The van der Waals surface area contributed by atoms with Crippen molar-refractivity contribution >= 4 is 23.2 Å². The number of nitrogens with one attached hydrogen (secondary N) is 1. The minimum absolute atomic E-state index is 0.213. The Labute approximate surface area is 183 Å². The second kappa shape index (κ2) is 10.7. The average Bonchev–Trinajstić information content (AvgIpc) is 2.71. The Hall–Kier alpha value is -2.49. The normalized spacial score (nSPS) is 15.5. The maximum atomic E-state index is 12.2. The second-order valence-electron chi connectivity index (χ2n) is 7.02. The van der Waals surface area contributed by atoms with Crippen LogP contribution in [0.3, 0.4) is 0 Å². The van der Waals surface area contributed by atoms with Crippen molar-refractivity contribution in [2.45, 2.75) is 6.36 Å². The molecule has 31 heavy (non-hydrogen) atoms. The largest absolute Gasteiger partial charge is 0.573 e. The van der Waals surface area contributed by atoms with Gasteiger partial charge in [-0.25, -0.2) is 0 Å². The van der Waals surface area contributed by atoms with Gasteiger partial charge in [0.1, 0.15) is 18.1 Å². The number of halogens is 4.